The molecule has 82 valence electrons. The number of Topliss-reactive ketones (excluding diaryl/α,β-unsaturated/α-hetero) is 1. The lowest BCUT2D eigenvalue weighted by molar-refractivity contribution is 0.102. The third-order valence-corrected chi connectivity index (χ3v) is 3.98. The van der Waals surface area contributed by atoms with Crippen molar-refractivity contribution in [1.82, 2.24) is 0 Å². The fourth-order valence-electron chi connectivity index (χ4n) is 1.58. The van der Waals surface area contributed by atoms with E-state index in [-0.39, 0.29) is 5.78 Å². The fraction of sp³-hybridized carbons (Fsp3) is 0.214. The van der Waals surface area contributed by atoms with Crippen LogP contribution in [0.4, 0.5) is 0 Å². The van der Waals surface area contributed by atoms with Gasteiger partial charge in [0.05, 0.1) is 4.88 Å². The van der Waals surface area contributed by atoms with Gasteiger partial charge in [0.1, 0.15) is 0 Å². The highest BCUT2D eigenvalue weighted by Crippen LogP contribution is 2.29. The van der Waals surface area contributed by atoms with Gasteiger partial charge in [0.2, 0.25) is 0 Å². The quantitative estimate of drug-likeness (QED) is 0.705. The first-order chi connectivity index (χ1) is 7.58. The lowest BCUT2D eigenvalue weighted by atomic mass is 10.1. The Kier molecular flexibility index (Phi) is 2.92. The zero-order valence-corrected chi connectivity index (χ0v) is 10.5. The molecule has 0 saturated carbocycles. The minimum absolute atomic E-state index is 0.139. The van der Waals surface area contributed by atoms with E-state index in [2.05, 4.69) is 32.0 Å². The molecule has 0 radical (unpaired) electrons. The maximum absolute atomic E-state index is 11.2. The highest BCUT2D eigenvalue weighted by molar-refractivity contribution is 7.17. The van der Waals surface area contributed by atoms with Gasteiger partial charge < -0.3 is 0 Å². The van der Waals surface area contributed by atoms with Crippen molar-refractivity contribution in [1.29, 1.82) is 0 Å². The Bertz CT molecular complexity index is 537. The van der Waals surface area contributed by atoms with Gasteiger partial charge in [-0.3, -0.25) is 4.79 Å². The summed E-state index contributed by atoms with van der Waals surface area (Å²) in [6.07, 6.45) is 0. The van der Waals surface area contributed by atoms with E-state index in [4.69, 9.17) is 0 Å². The van der Waals surface area contributed by atoms with Gasteiger partial charge in [0, 0.05) is 4.88 Å². The summed E-state index contributed by atoms with van der Waals surface area (Å²) >= 11 is 1.56. The Morgan fingerprint density at radius 1 is 1.06 bits per heavy atom. The molecule has 0 N–H and O–H groups in total. The van der Waals surface area contributed by atoms with E-state index in [1.54, 1.807) is 18.3 Å². The van der Waals surface area contributed by atoms with E-state index in [1.807, 2.05) is 12.1 Å². The number of hydrogen-bond donors (Lipinski definition) is 0. The highest BCUT2D eigenvalue weighted by atomic mass is 32.1. The molecule has 16 heavy (non-hydrogen) atoms. The van der Waals surface area contributed by atoms with Crippen molar-refractivity contribution in [3.05, 3.63) is 46.3 Å². The third-order valence-electron chi connectivity index (χ3n) is 2.74. The van der Waals surface area contributed by atoms with Gasteiger partial charge in [0.15, 0.2) is 5.78 Å². The molecule has 0 bridgehead atoms. The molecule has 1 aromatic heterocycles. The molecule has 0 aliphatic carbocycles. The lowest BCUT2D eigenvalue weighted by Crippen LogP contribution is -1.83. The van der Waals surface area contributed by atoms with E-state index in [0.717, 1.165) is 9.75 Å². The second kappa shape index (κ2) is 4.22. The maximum Gasteiger partial charge on any atom is 0.169 e. The van der Waals surface area contributed by atoms with Gasteiger partial charge in [-0.2, -0.15) is 0 Å². The summed E-state index contributed by atoms with van der Waals surface area (Å²) < 4.78 is 0. The monoisotopic (exact) mass is 230 g/mol. The van der Waals surface area contributed by atoms with Crippen molar-refractivity contribution in [2.45, 2.75) is 20.8 Å². The second-order valence-electron chi connectivity index (χ2n) is 4.02. The van der Waals surface area contributed by atoms with Crippen LogP contribution in [-0.4, -0.2) is 5.78 Å². The van der Waals surface area contributed by atoms with Crippen molar-refractivity contribution in [3.8, 4) is 10.4 Å². The van der Waals surface area contributed by atoms with Crippen molar-refractivity contribution in [2.75, 3.05) is 0 Å². The molecule has 0 fully saturated rings. The van der Waals surface area contributed by atoms with Crippen LogP contribution < -0.4 is 0 Å². The van der Waals surface area contributed by atoms with Crippen LogP contribution in [0.1, 0.15) is 27.7 Å². The largest absolute Gasteiger partial charge is 0.294 e. The van der Waals surface area contributed by atoms with Gasteiger partial charge in [-0.05, 0) is 49.6 Å². The van der Waals surface area contributed by atoms with Gasteiger partial charge in [-0.25, -0.2) is 0 Å². The number of hydrogen-bond acceptors (Lipinski definition) is 2. The molecule has 2 rings (SSSR count). The third kappa shape index (κ3) is 2.07. The summed E-state index contributed by atoms with van der Waals surface area (Å²) in [5.41, 5.74) is 3.78. The second-order valence-corrected chi connectivity index (χ2v) is 5.10. The van der Waals surface area contributed by atoms with Crippen LogP contribution in [-0.2, 0) is 0 Å². The Morgan fingerprint density at radius 2 is 1.81 bits per heavy atom. The zero-order valence-electron chi connectivity index (χ0n) is 9.70. The van der Waals surface area contributed by atoms with Crippen LogP contribution in [0.3, 0.4) is 0 Å². The van der Waals surface area contributed by atoms with E-state index in [0.29, 0.717) is 0 Å². The minimum atomic E-state index is 0.139. The minimum Gasteiger partial charge on any atom is -0.294 e. The molecule has 1 aromatic carbocycles. The van der Waals surface area contributed by atoms with Crippen LogP contribution >= 0.6 is 11.3 Å². The van der Waals surface area contributed by atoms with Gasteiger partial charge >= 0.3 is 0 Å². The molecule has 0 saturated heterocycles. The maximum atomic E-state index is 11.2. The number of benzene rings is 1. The molecule has 0 aliphatic heterocycles. The molecule has 0 spiro atoms. The van der Waals surface area contributed by atoms with Crippen molar-refractivity contribution >= 4 is 17.1 Å². The molecule has 0 atom stereocenters. The first-order valence-corrected chi connectivity index (χ1v) is 6.08. The molecule has 2 aromatic rings. The van der Waals surface area contributed by atoms with Crippen LogP contribution in [0.2, 0.25) is 0 Å². The topological polar surface area (TPSA) is 17.1 Å². The van der Waals surface area contributed by atoms with Gasteiger partial charge in [-0.15, -0.1) is 11.3 Å². The average Bonchev–Trinajstić information content (AvgIpc) is 2.71. The molecule has 1 heterocycles. The number of carbonyl (C=O) groups excluding carboxylic acids is 1. The Balaban J connectivity index is 2.42. The summed E-state index contributed by atoms with van der Waals surface area (Å²) in [5, 5.41) is 0. The smallest absolute Gasteiger partial charge is 0.169 e. The van der Waals surface area contributed by atoms with E-state index in [9.17, 15) is 4.79 Å². The van der Waals surface area contributed by atoms with Crippen molar-refractivity contribution < 1.29 is 4.79 Å². The van der Waals surface area contributed by atoms with E-state index in [1.165, 1.54) is 16.7 Å². The van der Waals surface area contributed by atoms with Crippen LogP contribution in [0.5, 0.6) is 0 Å². The first kappa shape index (κ1) is 11.1. The summed E-state index contributed by atoms with van der Waals surface area (Å²) in [6, 6.07) is 10.3. The SMILES string of the molecule is CC(=O)c1ccc(-c2ccc(C)c(C)c2)s1. The van der Waals surface area contributed by atoms with Gasteiger partial charge in [0.25, 0.3) is 0 Å². The first-order valence-electron chi connectivity index (χ1n) is 5.26. The summed E-state index contributed by atoms with van der Waals surface area (Å²) in [5.74, 6) is 0.139. The predicted molar refractivity (Wildman–Crippen MR) is 69.2 cm³/mol. The fourth-order valence-corrected chi connectivity index (χ4v) is 2.47. The number of ketones is 1. The molecular weight excluding hydrogens is 216 g/mol. The summed E-state index contributed by atoms with van der Waals surface area (Å²) in [4.78, 5) is 13.2. The van der Waals surface area contributed by atoms with Crippen molar-refractivity contribution in [3.63, 3.8) is 0 Å². The normalized spacial score (nSPS) is 10.4. The molecule has 1 nitrogen and oxygen atoms in total. The number of carbonyl (C=O) groups is 1. The Hall–Kier alpha value is -1.41. The van der Waals surface area contributed by atoms with Crippen molar-refractivity contribution in [2.24, 2.45) is 0 Å². The average molecular weight is 230 g/mol. The highest BCUT2D eigenvalue weighted by Gasteiger charge is 2.06. The Morgan fingerprint density at radius 3 is 2.38 bits per heavy atom. The molecule has 2 heteroatoms. The molecular formula is C14H14OS. The van der Waals surface area contributed by atoms with Crippen LogP contribution in [0, 0.1) is 13.8 Å². The standard InChI is InChI=1S/C14H14OS/c1-9-4-5-12(8-10(9)2)14-7-6-13(16-14)11(3)15/h4-8H,1-3H3. The zero-order chi connectivity index (χ0) is 11.7. The lowest BCUT2D eigenvalue weighted by Gasteiger charge is -2.02. The summed E-state index contributed by atoms with van der Waals surface area (Å²) in [7, 11) is 0. The molecule has 0 unspecified atom stereocenters. The molecule has 0 amide bonds. The van der Waals surface area contributed by atoms with E-state index < -0.39 is 0 Å². The number of aryl methyl sites for hydroxylation is 2. The number of thiophene rings is 1. The van der Waals surface area contributed by atoms with Crippen LogP contribution in [0.15, 0.2) is 30.3 Å². The number of rotatable bonds is 2. The summed E-state index contributed by atoms with van der Waals surface area (Å²) in [6.45, 7) is 5.82. The molecule has 0 aliphatic rings. The van der Waals surface area contributed by atoms with E-state index >= 15 is 0 Å². The van der Waals surface area contributed by atoms with Crippen LogP contribution in [0.25, 0.3) is 10.4 Å². The Labute approximate surface area is 99.8 Å². The van der Waals surface area contributed by atoms with Gasteiger partial charge in [-0.1, -0.05) is 18.2 Å². The predicted octanol–water partition coefficient (Wildman–Crippen LogP) is 4.23.